The molecule has 1 aromatic carbocycles. The molecule has 0 aliphatic carbocycles. The summed E-state index contributed by atoms with van der Waals surface area (Å²) >= 11 is 0. The van der Waals surface area contributed by atoms with Crippen molar-refractivity contribution >= 4 is 5.97 Å². The summed E-state index contributed by atoms with van der Waals surface area (Å²) in [4.78, 5) is 23.0. The topological polar surface area (TPSA) is 83.7 Å². The van der Waals surface area contributed by atoms with Crippen LogP contribution in [0.5, 0.6) is 0 Å². The molecule has 2 aromatic heterocycles. The normalized spacial score (nSPS) is 8.80. The van der Waals surface area contributed by atoms with Crippen LogP contribution < -0.4 is 56.5 Å². The van der Waals surface area contributed by atoms with Crippen molar-refractivity contribution in [1.29, 1.82) is 0 Å². The van der Waals surface area contributed by atoms with Gasteiger partial charge in [0.05, 0.1) is 17.9 Å². The summed E-state index contributed by atoms with van der Waals surface area (Å²) in [6.45, 7) is 8.00. The summed E-state index contributed by atoms with van der Waals surface area (Å²) < 4.78 is 1.27. The van der Waals surface area contributed by atoms with Crippen LogP contribution in [0.4, 0.5) is 0 Å². The molecule has 25 heavy (non-hydrogen) atoms. The Balaban J connectivity index is 0.00000108. The van der Waals surface area contributed by atoms with Crippen molar-refractivity contribution in [2.75, 3.05) is 0 Å². The number of aromatic carboxylic acids is 1. The average molecular weight is 364 g/mol. The van der Waals surface area contributed by atoms with E-state index in [0.29, 0.717) is 0 Å². The van der Waals surface area contributed by atoms with Gasteiger partial charge in [-0.1, -0.05) is 58.0 Å². The third-order valence-electron chi connectivity index (χ3n) is 2.81. The number of rotatable bonds is 3. The molecule has 0 aliphatic heterocycles. The van der Waals surface area contributed by atoms with E-state index in [1.807, 2.05) is 58.0 Å². The van der Waals surface area contributed by atoms with E-state index < -0.39 is 5.97 Å². The minimum atomic E-state index is -1.32. The van der Waals surface area contributed by atoms with E-state index in [1.54, 1.807) is 12.4 Å². The van der Waals surface area contributed by atoms with Crippen LogP contribution in [0, 0.1) is 0 Å². The van der Waals surface area contributed by atoms with Crippen molar-refractivity contribution in [2.45, 2.75) is 27.7 Å². The van der Waals surface area contributed by atoms with Crippen molar-refractivity contribution in [3.8, 4) is 17.1 Å². The van der Waals surface area contributed by atoms with Gasteiger partial charge in [0.25, 0.3) is 0 Å². The Labute approximate surface area is 190 Å². The van der Waals surface area contributed by atoms with Gasteiger partial charge in [0.1, 0.15) is 6.33 Å². The van der Waals surface area contributed by atoms with Gasteiger partial charge >= 0.3 is 51.4 Å². The number of carboxylic acids is 1. The molecule has 2 heterocycles. The first-order valence-electron chi connectivity index (χ1n) is 7.87. The fraction of sp³-hybridized carbons (Fsp3) is 0.222. The van der Waals surface area contributed by atoms with Crippen molar-refractivity contribution in [3.63, 3.8) is 0 Å². The Morgan fingerprint density at radius 1 is 0.920 bits per heavy atom. The van der Waals surface area contributed by atoms with Gasteiger partial charge in [0, 0.05) is 18.0 Å². The van der Waals surface area contributed by atoms with Gasteiger partial charge in [-0.2, -0.15) is 0 Å². The Morgan fingerprint density at radius 2 is 1.48 bits per heavy atom. The van der Waals surface area contributed by atoms with Gasteiger partial charge in [0.2, 0.25) is 5.95 Å². The first-order chi connectivity index (χ1) is 11.8. The molecule has 6 nitrogen and oxygen atoms in total. The minimum Gasteiger partial charge on any atom is -0.543 e. The molecule has 0 radical (unpaired) electrons. The second-order valence-electron chi connectivity index (χ2n) is 4.07. The number of hydrogen-bond donors (Lipinski definition) is 0. The third-order valence-corrected chi connectivity index (χ3v) is 2.81. The summed E-state index contributed by atoms with van der Waals surface area (Å²) in [5.41, 5.74) is 1.76. The summed E-state index contributed by atoms with van der Waals surface area (Å²) in [7, 11) is 0. The van der Waals surface area contributed by atoms with E-state index >= 15 is 0 Å². The number of imidazole rings is 1. The number of aromatic nitrogens is 4. The second-order valence-corrected chi connectivity index (χ2v) is 4.07. The zero-order valence-corrected chi connectivity index (χ0v) is 18.4. The molecule has 3 rings (SSSR count). The van der Waals surface area contributed by atoms with E-state index in [2.05, 4.69) is 15.0 Å². The molecule has 0 unspecified atom stereocenters. The van der Waals surface area contributed by atoms with E-state index in [1.165, 1.54) is 17.1 Å². The van der Waals surface area contributed by atoms with Gasteiger partial charge in [-0.3, -0.25) is 4.57 Å². The summed E-state index contributed by atoms with van der Waals surface area (Å²) in [6, 6.07) is 9.67. The Morgan fingerprint density at radius 3 is 2.00 bits per heavy atom. The van der Waals surface area contributed by atoms with E-state index in [-0.39, 0.29) is 63.0 Å². The Kier molecular flexibility index (Phi) is 12.2. The third kappa shape index (κ3) is 6.45. The smallest absolute Gasteiger partial charge is 0.543 e. The molecular weight excluding hydrogens is 343 g/mol. The standard InChI is InChI=1S/C14H10N4O2.2C2H6.K/c19-13(20)12-8-15-9-18(12)14-16-6-11(7-17-14)10-4-2-1-3-5-10;2*1-2;/h1-9H,(H,19,20);2*1-2H3;/q;;;+1/p-1. The number of carbonyl (C=O) groups excluding carboxylic acids is 1. The molecule has 3 aromatic rings. The van der Waals surface area contributed by atoms with E-state index in [0.717, 1.165) is 11.1 Å². The molecule has 0 fully saturated rings. The fourth-order valence-electron chi connectivity index (χ4n) is 1.83. The van der Waals surface area contributed by atoms with E-state index in [9.17, 15) is 9.90 Å². The van der Waals surface area contributed by atoms with Gasteiger partial charge in [-0.25, -0.2) is 15.0 Å². The Hall–Kier alpha value is -1.38. The number of nitrogens with zero attached hydrogens (tertiary/aromatic N) is 4. The maximum Gasteiger partial charge on any atom is 1.00 e. The number of hydrogen-bond acceptors (Lipinski definition) is 5. The molecule has 0 saturated carbocycles. The van der Waals surface area contributed by atoms with Gasteiger partial charge in [-0.05, 0) is 5.56 Å². The zero-order chi connectivity index (χ0) is 17.9. The van der Waals surface area contributed by atoms with Gasteiger partial charge in [-0.15, -0.1) is 0 Å². The maximum absolute atomic E-state index is 10.9. The molecule has 0 atom stereocenters. The van der Waals surface area contributed by atoms with Crippen LogP contribution in [-0.2, 0) is 0 Å². The molecule has 0 amide bonds. The zero-order valence-electron chi connectivity index (χ0n) is 15.3. The van der Waals surface area contributed by atoms with Crippen LogP contribution in [0.25, 0.3) is 17.1 Å². The first-order valence-corrected chi connectivity index (χ1v) is 7.87. The number of carboxylic acid groups (broad SMARTS) is 1. The van der Waals surface area contributed by atoms with Crippen molar-refractivity contribution in [1.82, 2.24) is 19.5 Å². The van der Waals surface area contributed by atoms with Gasteiger partial charge < -0.3 is 9.90 Å². The van der Waals surface area contributed by atoms with Crippen LogP contribution in [0.3, 0.4) is 0 Å². The van der Waals surface area contributed by atoms with Crippen LogP contribution in [0.15, 0.2) is 55.2 Å². The predicted molar refractivity (Wildman–Crippen MR) is 91.6 cm³/mol. The molecule has 0 bridgehead atoms. The van der Waals surface area contributed by atoms with Crippen LogP contribution in [0.2, 0.25) is 0 Å². The van der Waals surface area contributed by atoms with Crippen LogP contribution in [0.1, 0.15) is 38.2 Å². The quantitative estimate of drug-likeness (QED) is 0.599. The summed E-state index contributed by atoms with van der Waals surface area (Å²) in [6.07, 6.45) is 5.81. The first kappa shape index (κ1) is 23.6. The molecular formula is C18H21KN4O2. The molecule has 0 N–H and O–H groups in total. The average Bonchev–Trinajstić information content (AvgIpc) is 3.16. The van der Waals surface area contributed by atoms with Crippen molar-refractivity contribution in [2.24, 2.45) is 0 Å². The number of benzene rings is 1. The summed E-state index contributed by atoms with van der Waals surface area (Å²) in [5.74, 6) is -1.08. The van der Waals surface area contributed by atoms with Crippen LogP contribution in [-0.4, -0.2) is 25.5 Å². The van der Waals surface area contributed by atoms with Crippen molar-refractivity contribution in [3.05, 3.63) is 60.9 Å². The Bertz CT molecular complexity index is 743. The monoisotopic (exact) mass is 364 g/mol. The minimum absolute atomic E-state index is 0. The molecule has 0 saturated heterocycles. The maximum atomic E-state index is 10.9. The number of carbonyl (C=O) groups is 1. The second kappa shape index (κ2) is 12.9. The predicted octanol–water partition coefficient (Wildman–Crippen LogP) is -0.251. The molecule has 7 heteroatoms. The van der Waals surface area contributed by atoms with Gasteiger partial charge in [0.15, 0.2) is 0 Å². The summed E-state index contributed by atoms with van der Waals surface area (Å²) in [5, 5.41) is 10.9. The van der Waals surface area contributed by atoms with Crippen LogP contribution >= 0.6 is 0 Å². The fourth-order valence-corrected chi connectivity index (χ4v) is 1.83. The van der Waals surface area contributed by atoms with E-state index in [4.69, 9.17) is 0 Å². The molecule has 0 aliphatic rings. The molecule has 0 spiro atoms. The largest absolute Gasteiger partial charge is 1.00 e. The van der Waals surface area contributed by atoms with Crippen molar-refractivity contribution < 1.29 is 61.3 Å². The SMILES string of the molecule is CC.CC.O=C([O-])c1cncn1-c1ncc(-c2ccccc2)cn1.[K+]. The molecule has 126 valence electrons.